The number of hydrogen-bond acceptors (Lipinski definition) is 4. The normalized spacial score (nSPS) is 10.4. The molecule has 0 aliphatic carbocycles. The van der Waals surface area contributed by atoms with E-state index in [-0.39, 0.29) is 6.61 Å². The molecule has 1 aromatic heterocycles. The van der Waals surface area contributed by atoms with Crippen LogP contribution in [-0.4, -0.2) is 23.1 Å². The van der Waals surface area contributed by atoms with Gasteiger partial charge in [0.2, 0.25) is 0 Å². The third kappa shape index (κ3) is 3.03. The highest BCUT2D eigenvalue weighted by atomic mass is 16.6. The summed E-state index contributed by atoms with van der Waals surface area (Å²) in [7, 11) is 1.67. The molecule has 3 rings (SSSR count). The first-order valence-electron chi connectivity index (χ1n) is 6.89. The van der Waals surface area contributed by atoms with Crippen molar-refractivity contribution >= 4 is 22.8 Å². The quantitative estimate of drug-likeness (QED) is 0.742. The second kappa shape index (κ2) is 6.22. The van der Waals surface area contributed by atoms with E-state index in [1.165, 1.54) is 4.90 Å². The molecule has 1 heterocycles. The van der Waals surface area contributed by atoms with Crippen molar-refractivity contribution in [3.63, 3.8) is 0 Å². The molecule has 2 aromatic carbocycles. The molecule has 0 saturated heterocycles. The highest BCUT2D eigenvalue weighted by Gasteiger charge is 2.13. The molecule has 110 valence electrons. The Bertz CT molecular complexity index is 790. The van der Waals surface area contributed by atoms with Gasteiger partial charge in [-0.25, -0.2) is 4.79 Å². The standard InChI is InChI=1S/C17H15N3O2/c1-20(17(21)22-12-13-5-3-2-4-6-13)14-7-8-15-16(11-14)19-10-9-18-15/h2-11H,12H2,1H3. The van der Waals surface area contributed by atoms with Crippen LogP contribution in [-0.2, 0) is 11.3 Å². The van der Waals surface area contributed by atoms with Crippen LogP contribution in [0, 0.1) is 0 Å². The van der Waals surface area contributed by atoms with Crippen molar-refractivity contribution in [3.05, 3.63) is 66.5 Å². The first-order chi connectivity index (χ1) is 10.7. The number of benzene rings is 2. The molecule has 0 saturated carbocycles. The van der Waals surface area contributed by atoms with Gasteiger partial charge in [0, 0.05) is 25.1 Å². The van der Waals surface area contributed by atoms with E-state index in [0.717, 1.165) is 16.6 Å². The summed E-state index contributed by atoms with van der Waals surface area (Å²) in [6.07, 6.45) is 2.85. The number of fused-ring (bicyclic) bond motifs is 1. The van der Waals surface area contributed by atoms with E-state index in [2.05, 4.69) is 9.97 Å². The number of anilines is 1. The first kappa shape index (κ1) is 14.0. The maximum Gasteiger partial charge on any atom is 0.414 e. The molecule has 0 N–H and O–H groups in total. The summed E-state index contributed by atoms with van der Waals surface area (Å²) in [5, 5.41) is 0. The molecule has 5 nitrogen and oxygen atoms in total. The average molecular weight is 293 g/mol. The fourth-order valence-electron chi connectivity index (χ4n) is 2.08. The Hall–Kier alpha value is -2.95. The fourth-order valence-corrected chi connectivity index (χ4v) is 2.08. The summed E-state index contributed by atoms with van der Waals surface area (Å²) in [4.78, 5) is 22.0. The van der Waals surface area contributed by atoms with Crippen LogP contribution in [0.1, 0.15) is 5.56 Å². The van der Waals surface area contributed by atoms with Crippen molar-refractivity contribution in [2.24, 2.45) is 0 Å². The Morgan fingerprint density at radius 1 is 1.05 bits per heavy atom. The molecule has 0 fully saturated rings. The second-order valence-electron chi connectivity index (χ2n) is 4.83. The largest absolute Gasteiger partial charge is 0.444 e. The average Bonchev–Trinajstić information content (AvgIpc) is 2.59. The van der Waals surface area contributed by atoms with Crippen molar-refractivity contribution in [1.82, 2.24) is 9.97 Å². The number of carbonyl (C=O) groups is 1. The lowest BCUT2D eigenvalue weighted by atomic mass is 10.2. The Balaban J connectivity index is 1.71. The van der Waals surface area contributed by atoms with Crippen LogP contribution >= 0.6 is 0 Å². The van der Waals surface area contributed by atoms with Gasteiger partial charge in [-0.15, -0.1) is 0 Å². The molecule has 3 aromatic rings. The molecule has 0 unspecified atom stereocenters. The van der Waals surface area contributed by atoms with E-state index in [4.69, 9.17) is 4.74 Å². The van der Waals surface area contributed by atoms with Gasteiger partial charge < -0.3 is 4.74 Å². The Morgan fingerprint density at radius 3 is 2.55 bits per heavy atom. The monoisotopic (exact) mass is 293 g/mol. The summed E-state index contributed by atoms with van der Waals surface area (Å²) >= 11 is 0. The zero-order valence-corrected chi connectivity index (χ0v) is 12.1. The van der Waals surface area contributed by atoms with Gasteiger partial charge in [-0.2, -0.15) is 0 Å². The van der Waals surface area contributed by atoms with Crippen LogP contribution in [0.25, 0.3) is 11.0 Å². The van der Waals surface area contributed by atoms with Gasteiger partial charge in [-0.05, 0) is 23.8 Å². The van der Waals surface area contributed by atoms with E-state index >= 15 is 0 Å². The summed E-state index contributed by atoms with van der Waals surface area (Å²) in [6.45, 7) is 0.247. The van der Waals surface area contributed by atoms with Crippen molar-refractivity contribution in [3.8, 4) is 0 Å². The minimum Gasteiger partial charge on any atom is -0.444 e. The van der Waals surface area contributed by atoms with Crippen LogP contribution in [0.2, 0.25) is 0 Å². The van der Waals surface area contributed by atoms with Gasteiger partial charge in [0.15, 0.2) is 0 Å². The fraction of sp³-hybridized carbons (Fsp3) is 0.118. The Labute approximate surface area is 128 Å². The predicted octanol–water partition coefficient (Wildman–Crippen LogP) is 3.40. The predicted molar refractivity (Wildman–Crippen MR) is 84.6 cm³/mol. The molecule has 0 spiro atoms. The first-order valence-corrected chi connectivity index (χ1v) is 6.89. The number of ether oxygens (including phenoxy) is 1. The zero-order chi connectivity index (χ0) is 15.4. The van der Waals surface area contributed by atoms with Crippen molar-refractivity contribution in [2.75, 3.05) is 11.9 Å². The third-order valence-electron chi connectivity index (χ3n) is 3.32. The van der Waals surface area contributed by atoms with Gasteiger partial charge in [0.1, 0.15) is 6.61 Å². The summed E-state index contributed by atoms with van der Waals surface area (Å²) < 4.78 is 5.31. The van der Waals surface area contributed by atoms with Crippen LogP contribution in [0.3, 0.4) is 0 Å². The smallest absolute Gasteiger partial charge is 0.414 e. The summed E-state index contributed by atoms with van der Waals surface area (Å²) in [6, 6.07) is 15.0. The van der Waals surface area contributed by atoms with Gasteiger partial charge in [0.25, 0.3) is 0 Å². The van der Waals surface area contributed by atoms with Gasteiger partial charge >= 0.3 is 6.09 Å². The zero-order valence-electron chi connectivity index (χ0n) is 12.1. The van der Waals surface area contributed by atoms with E-state index < -0.39 is 6.09 Å². The number of hydrogen-bond donors (Lipinski definition) is 0. The highest BCUT2D eigenvalue weighted by molar-refractivity contribution is 5.90. The molecule has 0 bridgehead atoms. The Morgan fingerprint density at radius 2 is 1.77 bits per heavy atom. The molecule has 22 heavy (non-hydrogen) atoms. The van der Waals surface area contributed by atoms with Crippen molar-refractivity contribution in [1.29, 1.82) is 0 Å². The van der Waals surface area contributed by atoms with E-state index in [1.54, 1.807) is 19.4 Å². The van der Waals surface area contributed by atoms with Gasteiger partial charge in [0.05, 0.1) is 11.0 Å². The molecule has 0 aliphatic rings. The molecule has 0 radical (unpaired) electrons. The van der Waals surface area contributed by atoms with Gasteiger partial charge in [-0.3, -0.25) is 14.9 Å². The maximum absolute atomic E-state index is 12.1. The minimum absolute atomic E-state index is 0.247. The van der Waals surface area contributed by atoms with Crippen LogP contribution in [0.4, 0.5) is 10.5 Å². The lowest BCUT2D eigenvalue weighted by Gasteiger charge is -2.17. The van der Waals surface area contributed by atoms with E-state index in [9.17, 15) is 4.79 Å². The van der Waals surface area contributed by atoms with Crippen molar-refractivity contribution < 1.29 is 9.53 Å². The van der Waals surface area contributed by atoms with Crippen LogP contribution < -0.4 is 4.90 Å². The summed E-state index contributed by atoms with van der Waals surface area (Å²) in [5.74, 6) is 0. The number of nitrogens with zero attached hydrogens (tertiary/aromatic N) is 3. The lowest BCUT2D eigenvalue weighted by Crippen LogP contribution is -2.26. The molecular weight excluding hydrogens is 278 g/mol. The second-order valence-corrected chi connectivity index (χ2v) is 4.83. The summed E-state index contributed by atoms with van der Waals surface area (Å²) in [5.41, 5.74) is 3.19. The molecule has 0 atom stereocenters. The molecule has 0 aliphatic heterocycles. The van der Waals surface area contributed by atoms with E-state index in [1.807, 2.05) is 48.5 Å². The molecular formula is C17H15N3O2. The highest BCUT2D eigenvalue weighted by Crippen LogP contribution is 2.19. The third-order valence-corrected chi connectivity index (χ3v) is 3.32. The maximum atomic E-state index is 12.1. The Kier molecular flexibility index (Phi) is 3.96. The topological polar surface area (TPSA) is 55.3 Å². The van der Waals surface area contributed by atoms with Crippen molar-refractivity contribution in [2.45, 2.75) is 6.61 Å². The lowest BCUT2D eigenvalue weighted by molar-refractivity contribution is 0.148. The number of amides is 1. The number of rotatable bonds is 3. The number of carbonyl (C=O) groups excluding carboxylic acids is 1. The van der Waals surface area contributed by atoms with Gasteiger partial charge in [-0.1, -0.05) is 30.3 Å². The molecule has 1 amide bonds. The SMILES string of the molecule is CN(C(=O)OCc1ccccc1)c1ccc2nccnc2c1. The minimum atomic E-state index is -0.410. The number of aromatic nitrogens is 2. The van der Waals surface area contributed by atoms with Crippen LogP contribution in [0.15, 0.2) is 60.9 Å². The molecule has 5 heteroatoms. The van der Waals surface area contributed by atoms with Crippen LogP contribution in [0.5, 0.6) is 0 Å². The van der Waals surface area contributed by atoms with E-state index in [0.29, 0.717) is 5.69 Å².